The summed E-state index contributed by atoms with van der Waals surface area (Å²) in [5.74, 6) is -0.599. The predicted molar refractivity (Wildman–Crippen MR) is 75.6 cm³/mol. The number of rotatable bonds is 4. The Morgan fingerprint density at radius 3 is 2.71 bits per heavy atom. The molecule has 0 atom stereocenters. The molecule has 7 nitrogen and oxygen atoms in total. The Bertz CT molecular complexity index is 765. The molecule has 0 aliphatic rings. The second kappa shape index (κ2) is 6.15. The average molecular weight is 327 g/mol. The van der Waals surface area contributed by atoms with Crippen LogP contribution in [0, 0.1) is 0 Å². The zero-order valence-corrected chi connectivity index (χ0v) is 12.5. The molecule has 0 aliphatic heterocycles. The highest BCUT2D eigenvalue weighted by molar-refractivity contribution is 7.90. The third kappa shape index (κ3) is 3.96. The summed E-state index contributed by atoms with van der Waals surface area (Å²) in [6.07, 6.45) is 3.63. The number of aromatic nitrogens is 3. The highest BCUT2D eigenvalue weighted by Crippen LogP contribution is 2.14. The lowest BCUT2D eigenvalue weighted by molar-refractivity contribution is 0.0944. The van der Waals surface area contributed by atoms with E-state index in [1.807, 2.05) is 0 Å². The minimum Gasteiger partial charge on any atom is -0.345 e. The molecule has 0 saturated heterocycles. The van der Waals surface area contributed by atoms with E-state index in [0.717, 1.165) is 12.5 Å². The van der Waals surface area contributed by atoms with Crippen molar-refractivity contribution in [2.45, 2.75) is 11.7 Å². The van der Waals surface area contributed by atoms with Crippen LogP contribution in [0.15, 0.2) is 35.7 Å². The molecule has 0 aromatic carbocycles. The molecule has 0 fully saturated rings. The Morgan fingerprint density at radius 1 is 1.33 bits per heavy atom. The molecule has 9 heteroatoms. The van der Waals surface area contributed by atoms with Crippen molar-refractivity contribution >= 4 is 27.3 Å². The molecule has 2 aromatic heterocycles. The molecular formula is C12H11ClN4O3S. The van der Waals surface area contributed by atoms with E-state index in [0.29, 0.717) is 5.69 Å². The van der Waals surface area contributed by atoms with Crippen LogP contribution in [0.25, 0.3) is 0 Å². The van der Waals surface area contributed by atoms with Crippen LogP contribution in [0.1, 0.15) is 16.2 Å². The Labute approximate surface area is 126 Å². The number of pyridine rings is 1. The molecule has 0 spiro atoms. The van der Waals surface area contributed by atoms with Crippen molar-refractivity contribution in [3.05, 3.63) is 47.0 Å². The molecule has 0 bridgehead atoms. The molecule has 0 saturated carbocycles. The number of carbonyl (C=O) groups excluding carboxylic acids is 1. The summed E-state index contributed by atoms with van der Waals surface area (Å²) in [6, 6.07) is 5.28. The van der Waals surface area contributed by atoms with Crippen molar-refractivity contribution < 1.29 is 13.2 Å². The largest absolute Gasteiger partial charge is 0.345 e. The van der Waals surface area contributed by atoms with Crippen LogP contribution >= 0.6 is 11.6 Å². The number of amides is 1. The van der Waals surface area contributed by atoms with Gasteiger partial charge >= 0.3 is 0 Å². The third-order valence-electron chi connectivity index (χ3n) is 2.42. The van der Waals surface area contributed by atoms with Crippen LogP contribution in [0.4, 0.5) is 0 Å². The molecular weight excluding hydrogens is 316 g/mol. The van der Waals surface area contributed by atoms with E-state index in [-0.39, 0.29) is 17.3 Å². The van der Waals surface area contributed by atoms with Crippen molar-refractivity contribution in [1.82, 2.24) is 20.3 Å². The highest BCUT2D eigenvalue weighted by atomic mass is 35.5. The quantitative estimate of drug-likeness (QED) is 0.836. The van der Waals surface area contributed by atoms with Gasteiger partial charge in [0.25, 0.3) is 5.91 Å². The van der Waals surface area contributed by atoms with Crippen molar-refractivity contribution in [2.24, 2.45) is 0 Å². The SMILES string of the molecule is CS(=O)(=O)c1ncc(Cl)c(C(=O)NCc2ccccn2)n1. The smallest absolute Gasteiger partial charge is 0.271 e. The lowest BCUT2D eigenvalue weighted by Crippen LogP contribution is -2.25. The van der Waals surface area contributed by atoms with Crippen LogP contribution in [-0.4, -0.2) is 35.5 Å². The van der Waals surface area contributed by atoms with Gasteiger partial charge in [0, 0.05) is 12.5 Å². The summed E-state index contributed by atoms with van der Waals surface area (Å²) >= 11 is 5.83. The molecule has 1 N–H and O–H groups in total. The summed E-state index contributed by atoms with van der Waals surface area (Å²) in [5.41, 5.74) is 0.461. The van der Waals surface area contributed by atoms with Crippen molar-refractivity contribution in [3.8, 4) is 0 Å². The molecule has 2 rings (SSSR count). The first kappa shape index (κ1) is 15.3. The van der Waals surface area contributed by atoms with Gasteiger partial charge in [-0.25, -0.2) is 18.4 Å². The van der Waals surface area contributed by atoms with Gasteiger partial charge in [0.05, 0.1) is 23.5 Å². The minimum absolute atomic E-state index is 0.0269. The summed E-state index contributed by atoms with van der Waals surface area (Å²) < 4.78 is 22.8. The average Bonchev–Trinajstić information content (AvgIpc) is 2.45. The van der Waals surface area contributed by atoms with Gasteiger partial charge in [-0.05, 0) is 12.1 Å². The first-order chi connectivity index (χ1) is 9.88. The summed E-state index contributed by atoms with van der Waals surface area (Å²) in [4.78, 5) is 23.3. The number of nitrogens with one attached hydrogen (secondary N) is 1. The number of hydrogen-bond donors (Lipinski definition) is 1. The van der Waals surface area contributed by atoms with Gasteiger partial charge in [-0.3, -0.25) is 9.78 Å². The molecule has 1 amide bonds. The monoisotopic (exact) mass is 326 g/mol. The predicted octanol–water partition coefficient (Wildman–Crippen LogP) is 0.859. The maximum atomic E-state index is 12.0. The molecule has 21 heavy (non-hydrogen) atoms. The van der Waals surface area contributed by atoms with E-state index in [1.165, 1.54) is 0 Å². The summed E-state index contributed by atoms with van der Waals surface area (Å²) in [6.45, 7) is 0.175. The van der Waals surface area contributed by atoms with Gasteiger partial charge in [0.1, 0.15) is 0 Å². The normalized spacial score (nSPS) is 11.1. The standard InChI is InChI=1S/C12H11ClN4O3S/c1-21(19,20)12-16-7-9(13)10(17-12)11(18)15-6-8-4-2-3-5-14-8/h2-5,7H,6H2,1H3,(H,15,18). The van der Waals surface area contributed by atoms with Crippen LogP contribution in [0.5, 0.6) is 0 Å². The zero-order valence-electron chi connectivity index (χ0n) is 10.9. The number of carbonyl (C=O) groups is 1. The minimum atomic E-state index is -3.62. The highest BCUT2D eigenvalue weighted by Gasteiger charge is 2.18. The first-order valence-corrected chi connectivity index (χ1v) is 8.05. The van der Waals surface area contributed by atoms with E-state index >= 15 is 0 Å². The number of nitrogens with zero attached hydrogens (tertiary/aromatic N) is 3. The molecule has 0 radical (unpaired) electrons. The van der Waals surface area contributed by atoms with Crippen LogP contribution in [-0.2, 0) is 16.4 Å². The van der Waals surface area contributed by atoms with Gasteiger partial charge in [-0.1, -0.05) is 17.7 Å². The van der Waals surface area contributed by atoms with E-state index in [1.54, 1.807) is 24.4 Å². The van der Waals surface area contributed by atoms with Gasteiger partial charge in [-0.2, -0.15) is 0 Å². The second-order valence-corrected chi connectivity index (χ2v) is 6.44. The zero-order chi connectivity index (χ0) is 15.5. The van der Waals surface area contributed by atoms with Crippen LogP contribution in [0.3, 0.4) is 0 Å². The van der Waals surface area contributed by atoms with Crippen molar-refractivity contribution in [2.75, 3.05) is 6.26 Å². The maximum absolute atomic E-state index is 12.0. The van der Waals surface area contributed by atoms with Gasteiger partial charge in [0.15, 0.2) is 5.69 Å². The maximum Gasteiger partial charge on any atom is 0.271 e. The molecule has 0 aliphatic carbocycles. The lowest BCUT2D eigenvalue weighted by Gasteiger charge is -2.06. The van der Waals surface area contributed by atoms with Gasteiger partial charge in [0.2, 0.25) is 15.0 Å². The van der Waals surface area contributed by atoms with Crippen LogP contribution in [0.2, 0.25) is 5.02 Å². The van der Waals surface area contributed by atoms with Crippen LogP contribution < -0.4 is 5.32 Å². The first-order valence-electron chi connectivity index (χ1n) is 5.78. The number of hydrogen-bond acceptors (Lipinski definition) is 6. The lowest BCUT2D eigenvalue weighted by atomic mass is 10.3. The van der Waals surface area contributed by atoms with Crippen molar-refractivity contribution in [3.63, 3.8) is 0 Å². The molecule has 2 aromatic rings. The molecule has 110 valence electrons. The third-order valence-corrected chi connectivity index (χ3v) is 3.56. The fourth-order valence-electron chi connectivity index (χ4n) is 1.45. The Balaban J connectivity index is 2.19. The van der Waals surface area contributed by atoms with E-state index in [4.69, 9.17) is 11.6 Å². The second-order valence-electron chi connectivity index (χ2n) is 4.13. The topological polar surface area (TPSA) is 102 Å². The fraction of sp³-hybridized carbons (Fsp3) is 0.167. The fourth-order valence-corrected chi connectivity index (χ4v) is 2.12. The number of sulfone groups is 1. The summed E-state index contributed by atoms with van der Waals surface area (Å²) in [5, 5.41) is 2.09. The van der Waals surface area contributed by atoms with E-state index in [2.05, 4.69) is 20.3 Å². The Kier molecular flexibility index (Phi) is 4.49. The van der Waals surface area contributed by atoms with E-state index < -0.39 is 20.9 Å². The summed E-state index contributed by atoms with van der Waals surface area (Å²) in [7, 11) is -3.62. The van der Waals surface area contributed by atoms with E-state index in [9.17, 15) is 13.2 Å². The number of halogens is 1. The molecule has 2 heterocycles. The van der Waals surface area contributed by atoms with Gasteiger partial charge in [-0.15, -0.1) is 0 Å². The van der Waals surface area contributed by atoms with Crippen molar-refractivity contribution in [1.29, 1.82) is 0 Å². The molecule has 0 unspecified atom stereocenters. The van der Waals surface area contributed by atoms with Gasteiger partial charge < -0.3 is 5.32 Å². The Hall–Kier alpha value is -2.06. The Morgan fingerprint density at radius 2 is 2.10 bits per heavy atom.